The van der Waals surface area contributed by atoms with Crippen molar-refractivity contribution in [1.82, 2.24) is 4.57 Å². The number of rotatable bonds is 5. The van der Waals surface area contributed by atoms with Crippen molar-refractivity contribution in [3.8, 4) is 16.8 Å². The van der Waals surface area contributed by atoms with Crippen molar-refractivity contribution in [1.29, 1.82) is 0 Å². The summed E-state index contributed by atoms with van der Waals surface area (Å²) in [5.41, 5.74) is 9.51. The summed E-state index contributed by atoms with van der Waals surface area (Å²) in [6.07, 6.45) is 0. The van der Waals surface area contributed by atoms with E-state index in [0.717, 1.165) is 5.69 Å². The summed E-state index contributed by atoms with van der Waals surface area (Å²) in [6, 6.07) is 67.1. The van der Waals surface area contributed by atoms with E-state index >= 15 is 0 Å². The zero-order valence-electron chi connectivity index (χ0n) is 28.0. The molecule has 11 aromatic rings. The maximum Gasteiger partial charge on any atom is -0.0380 e. The fraction of sp³-hybridized carbons (Fsp3) is 0. The molecule has 0 fully saturated rings. The molecule has 0 bridgehead atoms. The normalized spacial score (nSPS) is 11.8. The van der Waals surface area contributed by atoms with Gasteiger partial charge in [0.25, 0.3) is 0 Å². The average Bonchev–Trinajstić information content (AvgIpc) is 3.87. The minimum atomic E-state index is 0.284. The zero-order valence-corrected chi connectivity index (χ0v) is 30.6. The number of thiophene rings is 1. The number of nitrogens with zero attached hydrogens (tertiary/aromatic N) is 2. The number of benzene rings is 8. The van der Waals surface area contributed by atoms with Crippen molar-refractivity contribution in [2.45, 2.75) is 0 Å². The summed E-state index contributed by atoms with van der Waals surface area (Å²) in [5.74, 6) is 0. The molecule has 0 saturated heterocycles. The van der Waals surface area contributed by atoms with E-state index in [2.05, 4.69) is 191 Å². The maximum atomic E-state index is 2.44. The standard InChI is InChI=1S/C48H30N2SSe/c1-2-10-33(11-3-1)50-43-15-7-4-12-37(43)38-25-20-32(28-44(38)50)31-18-21-34(22-19-31)49(35-24-27-46-42(29-35)39-13-5-8-16-45(39)51-46)36-23-26-41-40-14-6-9-17-47(40)52-48(41)30-36/h1-30H. The number of anilines is 3. The van der Waals surface area contributed by atoms with Gasteiger partial charge in [-0.05, 0) is 18.2 Å². The van der Waals surface area contributed by atoms with E-state index < -0.39 is 0 Å². The number of aromatic nitrogens is 1. The Bertz CT molecular complexity index is 3130. The molecule has 0 radical (unpaired) electrons. The number of hydrogen-bond acceptors (Lipinski definition) is 2. The molecule has 0 saturated carbocycles. The third-order valence-electron chi connectivity index (χ3n) is 10.4. The number of para-hydroxylation sites is 2. The molecule has 0 aliphatic heterocycles. The van der Waals surface area contributed by atoms with Crippen molar-refractivity contribution >= 4 is 104 Å². The molecule has 0 atom stereocenters. The van der Waals surface area contributed by atoms with Crippen LogP contribution in [0.1, 0.15) is 0 Å². The molecule has 3 aromatic heterocycles. The predicted molar refractivity (Wildman–Crippen MR) is 226 cm³/mol. The van der Waals surface area contributed by atoms with Crippen LogP contribution in [0.4, 0.5) is 17.1 Å². The molecule has 3 heterocycles. The Balaban J connectivity index is 1.06. The first-order valence-electron chi connectivity index (χ1n) is 17.6. The summed E-state index contributed by atoms with van der Waals surface area (Å²) in [4.78, 5) is 2.44. The van der Waals surface area contributed by atoms with Gasteiger partial charge in [0.15, 0.2) is 0 Å². The Morgan fingerprint density at radius 3 is 1.88 bits per heavy atom. The summed E-state index contributed by atoms with van der Waals surface area (Å²) in [6.45, 7) is 0. The van der Waals surface area contributed by atoms with E-state index in [1.54, 1.807) is 0 Å². The monoisotopic (exact) mass is 746 g/mol. The van der Waals surface area contributed by atoms with Crippen molar-refractivity contribution in [2.75, 3.05) is 4.90 Å². The topological polar surface area (TPSA) is 8.17 Å². The second-order valence-electron chi connectivity index (χ2n) is 13.4. The quantitative estimate of drug-likeness (QED) is 0.159. The van der Waals surface area contributed by atoms with Gasteiger partial charge < -0.3 is 0 Å². The molecule has 0 amide bonds. The Morgan fingerprint density at radius 2 is 1.00 bits per heavy atom. The zero-order chi connectivity index (χ0) is 34.2. The van der Waals surface area contributed by atoms with Crippen LogP contribution in [-0.4, -0.2) is 19.1 Å². The summed E-state index contributed by atoms with van der Waals surface area (Å²) >= 11 is 2.15. The number of hydrogen-bond donors (Lipinski definition) is 0. The second kappa shape index (κ2) is 11.8. The SMILES string of the molecule is c1ccc(-n2c3ccccc3c3ccc(-c4ccc(N(c5ccc6c(c5)[se]c5ccccc56)c5ccc6sc7ccccc7c6c5)cc4)cc32)cc1. The van der Waals surface area contributed by atoms with E-state index in [4.69, 9.17) is 0 Å². The maximum absolute atomic E-state index is 2.44. The third-order valence-corrected chi connectivity index (χ3v) is 13.9. The van der Waals surface area contributed by atoms with Gasteiger partial charge in [0, 0.05) is 11.1 Å². The van der Waals surface area contributed by atoms with Gasteiger partial charge in [0.05, 0.1) is 5.52 Å². The molecule has 0 unspecified atom stereocenters. The predicted octanol–water partition coefficient (Wildman–Crippen LogP) is 13.7. The minimum Gasteiger partial charge on any atom is -0.0602 e. The first-order chi connectivity index (χ1) is 25.8. The Morgan fingerprint density at radius 1 is 0.385 bits per heavy atom. The van der Waals surface area contributed by atoms with Crippen molar-refractivity contribution in [2.24, 2.45) is 0 Å². The average molecular weight is 746 g/mol. The van der Waals surface area contributed by atoms with Crippen LogP contribution in [0, 0.1) is 0 Å². The van der Waals surface area contributed by atoms with Crippen LogP contribution < -0.4 is 4.90 Å². The molecule has 244 valence electrons. The Hall–Kier alpha value is -5.90. The molecule has 52 heavy (non-hydrogen) atoms. The smallest absolute Gasteiger partial charge is 0.0380 e. The van der Waals surface area contributed by atoms with Gasteiger partial charge in [0.1, 0.15) is 0 Å². The molecule has 4 heteroatoms. The molecule has 0 aliphatic rings. The van der Waals surface area contributed by atoms with Crippen LogP contribution in [0.5, 0.6) is 0 Å². The first kappa shape index (κ1) is 29.8. The molecule has 2 nitrogen and oxygen atoms in total. The fourth-order valence-corrected chi connectivity index (χ4v) is 11.4. The van der Waals surface area contributed by atoms with E-state index in [9.17, 15) is 0 Å². The molecular formula is C48H30N2SSe. The minimum absolute atomic E-state index is 0.284. The van der Waals surface area contributed by atoms with Crippen LogP contribution in [0.2, 0.25) is 0 Å². The first-order valence-corrected chi connectivity index (χ1v) is 20.1. The number of fused-ring (bicyclic) bond motifs is 9. The largest absolute Gasteiger partial charge is 0.0602 e. The molecular weight excluding hydrogens is 716 g/mol. The second-order valence-corrected chi connectivity index (χ2v) is 16.7. The van der Waals surface area contributed by atoms with E-state index in [-0.39, 0.29) is 14.5 Å². The van der Waals surface area contributed by atoms with Crippen molar-refractivity contribution < 1.29 is 0 Å². The molecule has 8 aromatic carbocycles. The van der Waals surface area contributed by atoms with E-state index in [0.29, 0.717) is 0 Å². The van der Waals surface area contributed by atoms with Gasteiger partial charge in [-0.25, -0.2) is 0 Å². The van der Waals surface area contributed by atoms with Gasteiger partial charge in [-0.1, -0.05) is 36.4 Å². The molecule has 11 rings (SSSR count). The Kier molecular flexibility index (Phi) is 6.78. The third kappa shape index (κ3) is 4.69. The summed E-state index contributed by atoms with van der Waals surface area (Å²) in [7, 11) is 0. The summed E-state index contributed by atoms with van der Waals surface area (Å²) < 4.78 is 7.94. The van der Waals surface area contributed by atoms with Gasteiger partial charge in [-0.15, -0.1) is 0 Å². The van der Waals surface area contributed by atoms with Crippen LogP contribution in [0.3, 0.4) is 0 Å². The molecule has 0 aliphatic carbocycles. The van der Waals surface area contributed by atoms with Gasteiger partial charge in [-0.3, -0.25) is 0 Å². The van der Waals surface area contributed by atoms with Gasteiger partial charge in [0.2, 0.25) is 0 Å². The van der Waals surface area contributed by atoms with Crippen molar-refractivity contribution in [3.63, 3.8) is 0 Å². The van der Waals surface area contributed by atoms with Crippen molar-refractivity contribution in [3.05, 3.63) is 182 Å². The van der Waals surface area contributed by atoms with Crippen LogP contribution in [-0.2, 0) is 0 Å². The van der Waals surface area contributed by atoms with Gasteiger partial charge in [-0.2, -0.15) is 0 Å². The summed E-state index contributed by atoms with van der Waals surface area (Å²) in [5, 5.41) is 7.91. The van der Waals surface area contributed by atoms with Crippen LogP contribution in [0.25, 0.3) is 78.1 Å². The van der Waals surface area contributed by atoms with E-state index in [1.165, 1.54) is 89.5 Å². The van der Waals surface area contributed by atoms with Gasteiger partial charge >= 0.3 is 241 Å². The van der Waals surface area contributed by atoms with Crippen LogP contribution >= 0.6 is 11.3 Å². The molecule has 0 N–H and O–H groups in total. The fourth-order valence-electron chi connectivity index (χ4n) is 7.96. The molecule has 0 spiro atoms. The van der Waals surface area contributed by atoms with Crippen LogP contribution in [0.15, 0.2) is 182 Å². The Labute approximate surface area is 310 Å². The van der Waals surface area contributed by atoms with E-state index in [1.807, 2.05) is 11.3 Å².